The van der Waals surface area contributed by atoms with Gasteiger partial charge in [0.15, 0.2) is 5.65 Å². The fourth-order valence-electron chi connectivity index (χ4n) is 5.59. The molecule has 4 aromatic heterocycles. The monoisotopic (exact) mass is 580 g/mol. The Balaban J connectivity index is 1.11. The Kier molecular flexibility index (Phi) is 6.33. The average Bonchev–Trinajstić information content (AvgIpc) is 3.93. The summed E-state index contributed by atoms with van der Waals surface area (Å²) >= 11 is 0. The van der Waals surface area contributed by atoms with Crippen LogP contribution in [0.3, 0.4) is 0 Å². The third kappa shape index (κ3) is 4.94. The van der Waals surface area contributed by atoms with E-state index in [2.05, 4.69) is 31.4 Å². The Labute approximate surface area is 248 Å². The van der Waals surface area contributed by atoms with E-state index in [-0.39, 0.29) is 42.3 Å². The number of aryl methyl sites for hydroxylation is 1. The third-order valence-corrected chi connectivity index (χ3v) is 8.64. The second kappa shape index (κ2) is 10.1. The molecular weight excluding hydrogens is 548 g/mol. The van der Waals surface area contributed by atoms with Crippen LogP contribution in [0.1, 0.15) is 66.8 Å². The quantitative estimate of drug-likeness (QED) is 0.310. The van der Waals surface area contributed by atoms with Crippen molar-refractivity contribution in [1.29, 1.82) is 0 Å². The fourth-order valence-corrected chi connectivity index (χ4v) is 5.59. The van der Waals surface area contributed by atoms with Gasteiger partial charge in [-0.25, -0.2) is 29.7 Å². The van der Waals surface area contributed by atoms with E-state index < -0.39 is 0 Å². The van der Waals surface area contributed by atoms with Gasteiger partial charge >= 0.3 is 6.03 Å². The van der Waals surface area contributed by atoms with Crippen molar-refractivity contribution in [2.45, 2.75) is 51.0 Å². The number of carbonyl (C=O) groups excluding carboxylic acids is 3. The second-order valence-electron chi connectivity index (χ2n) is 11.7. The molecule has 1 N–H and O–H groups in total. The highest BCUT2D eigenvalue weighted by Crippen LogP contribution is 2.46. The number of aromatic nitrogens is 6. The van der Waals surface area contributed by atoms with Crippen LogP contribution in [-0.4, -0.2) is 72.7 Å². The minimum atomic E-state index is -0.353. The number of imidazole rings is 1. The number of hydrogen-bond acceptors (Lipinski definition) is 9. The Morgan fingerprint density at radius 1 is 1.12 bits per heavy atom. The first-order valence-electron chi connectivity index (χ1n) is 14.4. The van der Waals surface area contributed by atoms with Crippen molar-refractivity contribution in [2.75, 3.05) is 35.8 Å². The molecule has 1 aliphatic heterocycles. The van der Waals surface area contributed by atoms with E-state index in [1.54, 1.807) is 12.3 Å². The van der Waals surface area contributed by atoms with Gasteiger partial charge in [0.25, 0.3) is 0 Å². The van der Waals surface area contributed by atoms with Gasteiger partial charge in [0.05, 0.1) is 17.4 Å². The Hall–Kier alpha value is -4.94. The van der Waals surface area contributed by atoms with Gasteiger partial charge in [-0.15, -0.1) is 0 Å². The van der Waals surface area contributed by atoms with Gasteiger partial charge in [-0.1, -0.05) is 0 Å². The molecule has 4 aromatic rings. The average molecular weight is 581 g/mol. The standard InChI is InChI=1S/C30H32N10O3/c1-16-7-8-31-27(34-16)20-10-21(20)29(42)36-24-11-25(33-15-32-24)37(3)17(2)22-13-39-12-19(18-5-6-18)9-23(28(39)35-22)40-14-26(41)38(4)30(40)43/h7-9,11-13,15,17-18,20-21H,5-6,10,14H2,1-4H3,(H,32,33,36,42)/t17?,20-,21-/m0/s1. The molecule has 0 spiro atoms. The Morgan fingerprint density at radius 3 is 2.65 bits per heavy atom. The summed E-state index contributed by atoms with van der Waals surface area (Å²) in [7, 11) is 3.41. The number of fused-ring (bicyclic) bond motifs is 1. The van der Waals surface area contributed by atoms with Crippen molar-refractivity contribution >= 4 is 40.8 Å². The molecule has 3 fully saturated rings. The molecular formula is C30H32N10O3. The molecule has 2 aliphatic carbocycles. The third-order valence-electron chi connectivity index (χ3n) is 8.64. The number of urea groups is 1. The number of nitrogens with one attached hydrogen (secondary N) is 1. The van der Waals surface area contributed by atoms with Gasteiger partial charge in [0.2, 0.25) is 11.8 Å². The summed E-state index contributed by atoms with van der Waals surface area (Å²) in [6, 6.07) is 5.02. The summed E-state index contributed by atoms with van der Waals surface area (Å²) in [4.78, 5) is 65.2. The lowest BCUT2D eigenvalue weighted by Crippen LogP contribution is -2.30. The van der Waals surface area contributed by atoms with Gasteiger partial charge in [-0.2, -0.15) is 0 Å². The molecule has 4 amide bonds. The highest BCUT2D eigenvalue weighted by molar-refractivity contribution is 6.13. The minimum absolute atomic E-state index is 0.00812. The van der Waals surface area contributed by atoms with Crippen molar-refractivity contribution in [3.05, 3.63) is 65.9 Å². The Bertz CT molecular complexity index is 1780. The van der Waals surface area contributed by atoms with Crippen molar-refractivity contribution < 1.29 is 14.4 Å². The highest BCUT2D eigenvalue weighted by Gasteiger charge is 2.46. The molecule has 13 heteroatoms. The van der Waals surface area contributed by atoms with Crippen molar-refractivity contribution in [1.82, 2.24) is 34.2 Å². The molecule has 2 saturated carbocycles. The van der Waals surface area contributed by atoms with Gasteiger partial charge in [-0.3, -0.25) is 19.4 Å². The SMILES string of the molecule is Cc1ccnc([C@H]2C[C@@H]2C(=O)Nc2cc(N(C)C(C)c3cn4cc(C5CC5)cc(N5CC(=O)N(C)C5=O)c4n3)ncn2)n1. The largest absolute Gasteiger partial charge is 0.351 e. The predicted octanol–water partition coefficient (Wildman–Crippen LogP) is 3.44. The Morgan fingerprint density at radius 2 is 1.93 bits per heavy atom. The summed E-state index contributed by atoms with van der Waals surface area (Å²) in [5.74, 6) is 1.64. The summed E-state index contributed by atoms with van der Waals surface area (Å²) < 4.78 is 1.95. The maximum Gasteiger partial charge on any atom is 0.331 e. The van der Waals surface area contributed by atoms with Crippen LogP contribution < -0.4 is 15.1 Å². The molecule has 3 atom stereocenters. The van der Waals surface area contributed by atoms with E-state index >= 15 is 0 Å². The zero-order chi connectivity index (χ0) is 30.0. The van der Waals surface area contributed by atoms with Crippen LogP contribution in [0.5, 0.6) is 0 Å². The molecule has 43 heavy (non-hydrogen) atoms. The van der Waals surface area contributed by atoms with Gasteiger partial charge in [0, 0.05) is 56.3 Å². The fraction of sp³-hybridized carbons (Fsp3) is 0.400. The molecule has 1 saturated heterocycles. The summed E-state index contributed by atoms with van der Waals surface area (Å²) in [6.45, 7) is 3.92. The lowest BCUT2D eigenvalue weighted by atomic mass is 10.1. The number of hydrogen-bond donors (Lipinski definition) is 1. The van der Waals surface area contributed by atoms with E-state index in [0.29, 0.717) is 41.1 Å². The van der Waals surface area contributed by atoms with Crippen LogP contribution in [0.4, 0.5) is 22.1 Å². The van der Waals surface area contributed by atoms with E-state index in [1.165, 1.54) is 18.3 Å². The zero-order valence-corrected chi connectivity index (χ0v) is 24.4. The lowest BCUT2D eigenvalue weighted by molar-refractivity contribution is -0.124. The molecule has 0 radical (unpaired) electrons. The summed E-state index contributed by atoms with van der Waals surface area (Å²) in [5.41, 5.74) is 4.03. The number of rotatable bonds is 8. The lowest BCUT2D eigenvalue weighted by Gasteiger charge is -2.24. The molecule has 3 aliphatic rings. The van der Waals surface area contributed by atoms with Crippen LogP contribution >= 0.6 is 0 Å². The number of amides is 4. The number of nitrogens with zero attached hydrogens (tertiary/aromatic N) is 9. The van der Waals surface area contributed by atoms with Crippen molar-refractivity contribution in [2.24, 2.45) is 5.92 Å². The number of pyridine rings is 1. The highest BCUT2D eigenvalue weighted by atomic mass is 16.2. The van der Waals surface area contributed by atoms with Gasteiger partial charge in [0.1, 0.15) is 30.3 Å². The maximum atomic E-state index is 13.0. The normalized spacial score (nSPS) is 20.6. The molecule has 220 valence electrons. The van der Waals surface area contributed by atoms with Crippen LogP contribution in [-0.2, 0) is 9.59 Å². The van der Waals surface area contributed by atoms with Crippen molar-refractivity contribution in [3.8, 4) is 0 Å². The molecule has 1 unspecified atom stereocenters. The minimum Gasteiger partial charge on any atom is -0.351 e. The van der Waals surface area contributed by atoms with Crippen LogP contribution in [0.15, 0.2) is 43.1 Å². The molecule has 7 rings (SSSR count). The first-order chi connectivity index (χ1) is 20.7. The first kappa shape index (κ1) is 26.9. The van der Waals surface area contributed by atoms with Gasteiger partial charge < -0.3 is 14.6 Å². The number of anilines is 3. The molecule has 13 nitrogen and oxygen atoms in total. The van der Waals surface area contributed by atoms with Crippen LogP contribution in [0, 0.1) is 12.8 Å². The van der Waals surface area contributed by atoms with Crippen LogP contribution in [0.25, 0.3) is 5.65 Å². The van der Waals surface area contributed by atoms with Gasteiger partial charge in [-0.05, 0) is 56.7 Å². The van der Waals surface area contributed by atoms with E-state index in [0.717, 1.165) is 34.7 Å². The number of carbonyl (C=O) groups is 3. The smallest absolute Gasteiger partial charge is 0.331 e. The molecule has 5 heterocycles. The topological polar surface area (TPSA) is 142 Å². The molecule has 0 aromatic carbocycles. The second-order valence-corrected chi connectivity index (χ2v) is 11.7. The summed E-state index contributed by atoms with van der Waals surface area (Å²) in [5, 5.41) is 2.93. The zero-order valence-electron chi connectivity index (χ0n) is 24.4. The first-order valence-corrected chi connectivity index (χ1v) is 14.4. The van der Waals surface area contributed by atoms with E-state index in [9.17, 15) is 14.4 Å². The predicted molar refractivity (Wildman–Crippen MR) is 158 cm³/mol. The van der Waals surface area contributed by atoms with E-state index in [1.807, 2.05) is 48.5 Å². The van der Waals surface area contributed by atoms with E-state index in [4.69, 9.17) is 4.98 Å². The molecule has 0 bridgehead atoms. The van der Waals surface area contributed by atoms with Crippen LogP contribution in [0.2, 0.25) is 0 Å². The summed E-state index contributed by atoms with van der Waals surface area (Å²) in [6.07, 6.45) is 10.1. The number of imide groups is 1. The maximum absolute atomic E-state index is 13.0. The number of likely N-dealkylation sites (N-methyl/N-ethyl adjacent to an activating group) is 1. The van der Waals surface area contributed by atoms with Crippen molar-refractivity contribution in [3.63, 3.8) is 0 Å².